The van der Waals surface area contributed by atoms with Crippen molar-refractivity contribution in [3.8, 4) is 0 Å². The van der Waals surface area contributed by atoms with Crippen LogP contribution < -0.4 is 0 Å². The Kier molecular flexibility index (Phi) is 6.54. The van der Waals surface area contributed by atoms with E-state index in [-0.39, 0.29) is 11.5 Å². The summed E-state index contributed by atoms with van der Waals surface area (Å²) in [5.41, 5.74) is 0. The molecule has 0 saturated heterocycles. The average molecular weight is 396 g/mol. The summed E-state index contributed by atoms with van der Waals surface area (Å²) in [6, 6.07) is 0. The van der Waals surface area contributed by atoms with E-state index in [0.717, 1.165) is 0 Å². The molecular weight excluding hydrogens is 372 g/mol. The average Bonchev–Trinajstić information content (AvgIpc) is 3.06. The van der Waals surface area contributed by atoms with Crippen molar-refractivity contribution in [3.05, 3.63) is 24.8 Å². The van der Waals surface area contributed by atoms with E-state index in [0.29, 0.717) is 45.9 Å². The van der Waals surface area contributed by atoms with Crippen LogP contribution in [0.4, 0.5) is 0 Å². The minimum absolute atomic E-state index is 0.245. The van der Waals surface area contributed by atoms with E-state index in [9.17, 15) is 16.8 Å². The Hall–Kier alpha value is -1.50. The summed E-state index contributed by atoms with van der Waals surface area (Å²) in [4.78, 5) is 8.04. The van der Waals surface area contributed by atoms with E-state index in [1.165, 1.54) is 0 Å². The Morgan fingerprint density at radius 2 is 1.04 bits per heavy atom. The van der Waals surface area contributed by atoms with Gasteiger partial charge in [0.25, 0.3) is 20.2 Å². The van der Waals surface area contributed by atoms with Crippen molar-refractivity contribution in [2.45, 2.75) is 12.8 Å². The van der Waals surface area contributed by atoms with E-state index in [2.05, 4.69) is 9.80 Å². The molecule has 0 spiro atoms. The minimum Gasteiger partial charge on any atom is -0.358 e. The first-order chi connectivity index (χ1) is 11.6. The lowest BCUT2D eigenvalue weighted by atomic mass is 10.4. The van der Waals surface area contributed by atoms with Gasteiger partial charge in [0.05, 0.1) is 31.5 Å². The van der Waals surface area contributed by atoms with Gasteiger partial charge in [-0.15, -0.1) is 0 Å². The molecule has 2 aliphatic heterocycles. The molecule has 0 aromatic rings. The lowest BCUT2D eigenvalue weighted by molar-refractivity contribution is 0.163. The molecule has 2 heterocycles. The van der Waals surface area contributed by atoms with Crippen LogP contribution in [0.2, 0.25) is 0 Å². The standard InChI is InChI=1S/C13H24N4O6S2/c18-24(19,20)9-1-3-14-5-7-16(11-14)13-17-8-6-15(12-17)4-2-10-25(21,22)23/h5-8H,1-4,9-13H2,(H,18,19,20)(H,21,22,23). The van der Waals surface area contributed by atoms with Gasteiger partial charge >= 0.3 is 0 Å². The molecule has 2 aliphatic rings. The molecule has 0 amide bonds. The first kappa shape index (κ1) is 19.8. The highest BCUT2D eigenvalue weighted by Gasteiger charge is 2.18. The summed E-state index contributed by atoms with van der Waals surface area (Å²) >= 11 is 0. The van der Waals surface area contributed by atoms with Crippen molar-refractivity contribution >= 4 is 20.2 Å². The number of nitrogens with zero attached hydrogens (tertiary/aromatic N) is 4. The van der Waals surface area contributed by atoms with Gasteiger partial charge in [-0.25, -0.2) is 0 Å². The van der Waals surface area contributed by atoms with Crippen LogP contribution in [0, 0.1) is 0 Å². The second-order valence-corrected chi connectivity index (χ2v) is 9.25. The monoisotopic (exact) mass is 396 g/mol. The molecule has 0 fully saturated rings. The highest BCUT2D eigenvalue weighted by Crippen LogP contribution is 2.12. The van der Waals surface area contributed by atoms with E-state index < -0.39 is 20.2 Å². The molecule has 25 heavy (non-hydrogen) atoms. The fraction of sp³-hybridized carbons (Fsp3) is 0.692. The van der Waals surface area contributed by atoms with Crippen LogP contribution in [0.25, 0.3) is 0 Å². The van der Waals surface area contributed by atoms with Crippen LogP contribution in [0.3, 0.4) is 0 Å². The summed E-state index contributed by atoms with van der Waals surface area (Å²) in [5, 5.41) is 0. The van der Waals surface area contributed by atoms with Gasteiger partial charge in [0.1, 0.15) is 0 Å². The van der Waals surface area contributed by atoms with Gasteiger partial charge in [0.15, 0.2) is 0 Å². The highest BCUT2D eigenvalue weighted by molar-refractivity contribution is 7.86. The first-order valence-corrected chi connectivity index (χ1v) is 11.1. The summed E-state index contributed by atoms with van der Waals surface area (Å²) < 4.78 is 60.3. The molecule has 0 saturated carbocycles. The molecular formula is C13H24N4O6S2. The molecule has 0 aromatic carbocycles. The molecule has 0 unspecified atom stereocenters. The normalized spacial score (nSPS) is 18.0. The minimum atomic E-state index is -3.91. The number of hydrogen-bond donors (Lipinski definition) is 2. The van der Waals surface area contributed by atoms with Crippen LogP contribution in [-0.2, 0) is 20.2 Å². The predicted octanol–water partition coefficient (Wildman–Crippen LogP) is -0.408. The van der Waals surface area contributed by atoms with Crippen LogP contribution in [-0.4, -0.2) is 90.1 Å². The van der Waals surface area contributed by atoms with Crippen molar-refractivity contribution in [2.75, 3.05) is 44.6 Å². The smallest absolute Gasteiger partial charge is 0.264 e. The van der Waals surface area contributed by atoms with Gasteiger partial charge < -0.3 is 19.6 Å². The van der Waals surface area contributed by atoms with Gasteiger partial charge in [0, 0.05) is 37.9 Å². The zero-order valence-electron chi connectivity index (χ0n) is 13.8. The van der Waals surface area contributed by atoms with Crippen LogP contribution in [0.1, 0.15) is 12.8 Å². The largest absolute Gasteiger partial charge is 0.358 e. The van der Waals surface area contributed by atoms with E-state index in [4.69, 9.17) is 9.11 Å². The molecule has 12 heteroatoms. The Morgan fingerprint density at radius 3 is 1.40 bits per heavy atom. The Bertz CT molecular complexity index is 646. The summed E-state index contributed by atoms with van der Waals surface area (Å²) in [6.07, 6.45) is 8.33. The van der Waals surface area contributed by atoms with Gasteiger partial charge in [-0.05, 0) is 12.8 Å². The molecule has 10 nitrogen and oxygen atoms in total. The van der Waals surface area contributed by atoms with Crippen LogP contribution in [0.15, 0.2) is 24.8 Å². The van der Waals surface area contributed by atoms with Gasteiger partial charge in [-0.3, -0.25) is 9.11 Å². The summed E-state index contributed by atoms with van der Waals surface area (Å²) in [5.74, 6) is -0.491. The second-order valence-electron chi connectivity index (χ2n) is 6.10. The van der Waals surface area contributed by atoms with Crippen molar-refractivity contribution in [2.24, 2.45) is 0 Å². The fourth-order valence-corrected chi connectivity index (χ4v) is 3.63. The Morgan fingerprint density at radius 1 is 0.680 bits per heavy atom. The van der Waals surface area contributed by atoms with E-state index >= 15 is 0 Å². The molecule has 2 rings (SSSR count). The SMILES string of the molecule is O=S(=O)(O)CCCN1C=CN(CN2C=CN(CCCS(=O)(=O)O)C2)C1. The van der Waals surface area contributed by atoms with Gasteiger partial charge in [0.2, 0.25) is 0 Å². The van der Waals surface area contributed by atoms with E-state index in [1.54, 1.807) is 0 Å². The predicted molar refractivity (Wildman–Crippen MR) is 92.0 cm³/mol. The molecule has 0 atom stereocenters. The van der Waals surface area contributed by atoms with Crippen LogP contribution in [0.5, 0.6) is 0 Å². The zero-order chi connectivity index (χ0) is 18.5. The van der Waals surface area contributed by atoms with Crippen molar-refractivity contribution in [3.63, 3.8) is 0 Å². The molecule has 0 radical (unpaired) electrons. The Labute approximate surface area is 148 Å². The summed E-state index contributed by atoms with van der Waals surface area (Å²) in [7, 11) is -7.82. The van der Waals surface area contributed by atoms with Gasteiger partial charge in [-0.2, -0.15) is 16.8 Å². The summed E-state index contributed by atoms with van der Waals surface area (Å²) in [6.45, 7) is 3.02. The third-order valence-corrected chi connectivity index (χ3v) is 5.37. The topological polar surface area (TPSA) is 122 Å². The molecule has 0 aromatic heterocycles. The Balaban J connectivity index is 1.63. The molecule has 144 valence electrons. The second kappa shape index (κ2) is 8.25. The third-order valence-electron chi connectivity index (χ3n) is 3.76. The van der Waals surface area contributed by atoms with Crippen LogP contribution >= 0.6 is 0 Å². The molecule has 0 aliphatic carbocycles. The fourth-order valence-electron chi connectivity index (χ4n) is 2.64. The van der Waals surface area contributed by atoms with Crippen molar-refractivity contribution in [1.82, 2.24) is 19.6 Å². The zero-order valence-corrected chi connectivity index (χ0v) is 15.4. The first-order valence-electron chi connectivity index (χ1n) is 7.84. The molecule has 0 bridgehead atoms. The van der Waals surface area contributed by atoms with Crippen molar-refractivity contribution < 1.29 is 25.9 Å². The quantitative estimate of drug-likeness (QED) is 0.471. The van der Waals surface area contributed by atoms with Gasteiger partial charge in [-0.1, -0.05) is 0 Å². The maximum Gasteiger partial charge on any atom is 0.264 e. The van der Waals surface area contributed by atoms with E-state index in [1.807, 2.05) is 34.6 Å². The van der Waals surface area contributed by atoms with Crippen molar-refractivity contribution in [1.29, 1.82) is 0 Å². The number of rotatable bonds is 10. The number of hydrogen-bond acceptors (Lipinski definition) is 8. The third kappa shape index (κ3) is 7.94. The highest BCUT2D eigenvalue weighted by atomic mass is 32.2. The maximum absolute atomic E-state index is 10.7. The maximum atomic E-state index is 10.7. The lowest BCUT2D eigenvalue weighted by Gasteiger charge is -2.27. The molecule has 2 N–H and O–H groups in total. The lowest BCUT2D eigenvalue weighted by Crippen LogP contribution is -2.36.